The number of amides is 3. The Morgan fingerprint density at radius 3 is 2.50 bits per heavy atom. The van der Waals surface area contributed by atoms with E-state index in [4.69, 9.17) is 16.3 Å². The number of β-lactam (4-membered cyclic amide) rings is 1. The topological polar surface area (TPSA) is 237 Å². The summed E-state index contributed by atoms with van der Waals surface area (Å²) in [5, 5.41) is 30.9. The van der Waals surface area contributed by atoms with Crippen LogP contribution in [0.3, 0.4) is 0 Å². The molecule has 3 aliphatic rings. The first kappa shape index (κ1) is 33.7. The molecule has 0 unspecified atom stereocenters. The molecule has 2 fully saturated rings. The van der Waals surface area contributed by atoms with Gasteiger partial charge < -0.3 is 41.4 Å². The van der Waals surface area contributed by atoms with E-state index in [0.717, 1.165) is 21.1 Å². The van der Waals surface area contributed by atoms with Crippen LogP contribution in [-0.4, -0.2) is 73.8 Å². The minimum Gasteiger partial charge on any atom is -0.546 e. The molecule has 4 heterocycles. The molecule has 5 rings (SSSR count). The van der Waals surface area contributed by atoms with Crippen molar-refractivity contribution in [1.29, 1.82) is 0 Å². The molecule has 1 aliphatic carbocycles. The number of nitrogens with zero attached hydrogens (tertiary/aromatic N) is 4. The van der Waals surface area contributed by atoms with E-state index in [1.54, 1.807) is 29.1 Å². The Hall–Kier alpha value is -3.16. The zero-order valence-electron chi connectivity index (χ0n) is 23.2. The number of nitrogen functional groups attached to an aromatic ring is 1. The van der Waals surface area contributed by atoms with Crippen molar-refractivity contribution < 1.29 is 73.1 Å². The first-order valence-corrected chi connectivity index (χ1v) is 15.7. The number of carboxylic acid groups (broad SMARTS) is 2. The number of aromatic nitrogens is 2. The molecule has 0 radical (unpaired) electrons. The SMILES string of the molecule is NC(=O)C[n+]1ccc(SCC2=C(C(=O)[O-])N3C(=O)[C@@H](NC(=O)/C(=N\OC4(C(=O)[O-])CCC4)c4csc(N)n4)[C@H]3SC2)cc1.[Na+]. The quantitative estimate of drug-likeness (QED) is 0.0478. The molecular weight excluding hydrogens is 646 g/mol. The Bertz CT molecular complexity index is 1560. The van der Waals surface area contributed by atoms with Gasteiger partial charge in [0.15, 0.2) is 28.8 Å². The van der Waals surface area contributed by atoms with Gasteiger partial charge in [0, 0.05) is 33.9 Å². The molecule has 0 aromatic carbocycles. The Kier molecular flexibility index (Phi) is 10.6. The maximum absolute atomic E-state index is 13.3. The molecule has 5 N–H and O–H groups in total. The Balaban J connectivity index is 0.00000442. The van der Waals surface area contributed by atoms with Gasteiger partial charge in [-0.15, -0.1) is 34.9 Å². The van der Waals surface area contributed by atoms with Crippen molar-refractivity contribution >= 4 is 75.4 Å². The van der Waals surface area contributed by atoms with Gasteiger partial charge in [-0.2, -0.15) is 4.57 Å². The van der Waals surface area contributed by atoms with E-state index in [1.165, 1.54) is 28.9 Å². The van der Waals surface area contributed by atoms with Crippen LogP contribution in [0, 0.1) is 0 Å². The molecule has 2 aromatic heterocycles. The van der Waals surface area contributed by atoms with Gasteiger partial charge in [-0.1, -0.05) is 5.16 Å². The molecule has 226 valence electrons. The molecule has 3 amide bonds. The maximum Gasteiger partial charge on any atom is 1.00 e. The van der Waals surface area contributed by atoms with Crippen LogP contribution in [0.2, 0.25) is 0 Å². The number of thioether (sulfide) groups is 2. The number of hydrogen-bond donors (Lipinski definition) is 3. The van der Waals surface area contributed by atoms with Crippen molar-refractivity contribution in [2.24, 2.45) is 10.9 Å². The number of nitrogens with two attached hydrogens (primary N) is 2. The molecule has 15 nitrogen and oxygen atoms in total. The van der Waals surface area contributed by atoms with Crippen LogP contribution in [0.4, 0.5) is 5.13 Å². The molecule has 2 atom stereocenters. The van der Waals surface area contributed by atoms with E-state index in [0.29, 0.717) is 12.0 Å². The second kappa shape index (κ2) is 13.9. The van der Waals surface area contributed by atoms with E-state index in [-0.39, 0.29) is 82.7 Å². The summed E-state index contributed by atoms with van der Waals surface area (Å²) in [6, 6.07) is 2.41. The third-order valence-corrected chi connectivity index (χ3v) is 10.1. The second-order valence-electron chi connectivity index (χ2n) is 9.80. The van der Waals surface area contributed by atoms with Crippen molar-refractivity contribution in [1.82, 2.24) is 15.2 Å². The van der Waals surface area contributed by atoms with E-state index < -0.39 is 46.7 Å². The van der Waals surface area contributed by atoms with Gasteiger partial charge in [0.05, 0.1) is 17.6 Å². The van der Waals surface area contributed by atoms with Crippen molar-refractivity contribution in [3.63, 3.8) is 0 Å². The molecule has 19 heteroatoms. The molecule has 1 saturated heterocycles. The van der Waals surface area contributed by atoms with Crippen LogP contribution < -0.4 is 61.1 Å². The number of carbonyl (C=O) groups excluding carboxylic acids is 5. The fourth-order valence-electron chi connectivity index (χ4n) is 4.55. The number of anilines is 1. The molecule has 2 aliphatic heterocycles. The standard InChI is InChI=1S/C25H25N7O8S3.Na/c26-15(33)8-31-6-2-13(3-7-31)41-9-12-10-42-21-17(20(35)32(21)18(12)22(36)37)29-19(34)16(14-11-43-24(27)28-14)30-40-25(23(38)39)4-1-5-25;/h2-3,6-7,11,17,21H,1,4-5,8-10H2,(H6-,26,27,28,29,33,34,36,37,38,39);/q;+1/p-1/b30-16-;/t17-,21-;/m1./s1. The van der Waals surface area contributed by atoms with Gasteiger partial charge in [-0.25, -0.2) is 4.98 Å². The predicted molar refractivity (Wildman–Crippen MR) is 149 cm³/mol. The smallest absolute Gasteiger partial charge is 0.546 e. The summed E-state index contributed by atoms with van der Waals surface area (Å²) in [6.45, 7) is 0.0243. The van der Waals surface area contributed by atoms with Gasteiger partial charge in [-0.3, -0.25) is 19.3 Å². The molecule has 44 heavy (non-hydrogen) atoms. The summed E-state index contributed by atoms with van der Waals surface area (Å²) in [5.74, 6) is -4.50. The van der Waals surface area contributed by atoms with Gasteiger partial charge >= 0.3 is 29.6 Å². The fraction of sp³-hybridized carbons (Fsp3) is 0.360. The number of rotatable bonds is 12. The van der Waals surface area contributed by atoms with Crippen LogP contribution in [0.5, 0.6) is 0 Å². The van der Waals surface area contributed by atoms with E-state index in [9.17, 15) is 34.2 Å². The predicted octanol–water partition coefficient (Wildman–Crippen LogP) is -5.91. The molecule has 0 spiro atoms. The number of aliphatic carboxylic acids is 2. The van der Waals surface area contributed by atoms with Crippen LogP contribution in [0.1, 0.15) is 25.0 Å². The Morgan fingerprint density at radius 2 is 1.95 bits per heavy atom. The summed E-state index contributed by atoms with van der Waals surface area (Å²) in [6.07, 6.45) is 4.23. The van der Waals surface area contributed by atoms with Crippen molar-refractivity contribution in [3.8, 4) is 0 Å². The van der Waals surface area contributed by atoms with Crippen LogP contribution in [-0.2, 0) is 35.4 Å². The zero-order valence-corrected chi connectivity index (χ0v) is 27.7. The van der Waals surface area contributed by atoms with E-state index >= 15 is 0 Å². The van der Waals surface area contributed by atoms with Gasteiger partial charge in [-0.05, 0) is 24.8 Å². The van der Waals surface area contributed by atoms with Crippen LogP contribution >= 0.6 is 34.9 Å². The summed E-state index contributed by atoms with van der Waals surface area (Å²) in [5.41, 5.74) is 9.08. The largest absolute Gasteiger partial charge is 1.00 e. The molecule has 0 bridgehead atoms. The van der Waals surface area contributed by atoms with Crippen molar-refractivity contribution in [2.45, 2.75) is 47.7 Å². The number of hydrogen-bond acceptors (Lipinski definition) is 14. The first-order valence-electron chi connectivity index (χ1n) is 12.8. The third-order valence-electron chi connectivity index (χ3n) is 6.96. The second-order valence-corrected chi connectivity index (χ2v) is 12.8. The average molecular weight is 670 g/mol. The number of carbonyl (C=O) groups is 5. The van der Waals surface area contributed by atoms with Crippen molar-refractivity contribution in [2.75, 3.05) is 17.2 Å². The van der Waals surface area contributed by atoms with Crippen LogP contribution in [0.15, 0.2) is 51.2 Å². The van der Waals surface area contributed by atoms with Gasteiger partial charge in [0.1, 0.15) is 17.1 Å². The minimum absolute atomic E-state index is 0. The summed E-state index contributed by atoms with van der Waals surface area (Å²) in [4.78, 5) is 72.4. The van der Waals surface area contributed by atoms with E-state index in [1.807, 2.05) is 0 Å². The number of oxime groups is 1. The molecular formula is C25H24N7NaO8S3. The summed E-state index contributed by atoms with van der Waals surface area (Å²) >= 11 is 3.63. The molecule has 2 aromatic rings. The van der Waals surface area contributed by atoms with Gasteiger partial charge in [0.2, 0.25) is 6.54 Å². The number of pyridine rings is 1. The number of primary amides is 1. The summed E-state index contributed by atoms with van der Waals surface area (Å²) < 4.78 is 1.60. The normalized spacial score (nSPS) is 20.4. The maximum atomic E-state index is 13.3. The van der Waals surface area contributed by atoms with E-state index in [2.05, 4.69) is 15.5 Å². The number of carboxylic acids is 2. The number of nitrogens with one attached hydrogen (secondary N) is 1. The van der Waals surface area contributed by atoms with Crippen LogP contribution in [0.25, 0.3) is 0 Å². The Morgan fingerprint density at radius 1 is 1.25 bits per heavy atom. The first-order chi connectivity index (χ1) is 20.5. The monoisotopic (exact) mass is 669 g/mol. The fourth-order valence-corrected chi connectivity index (χ4v) is 7.47. The zero-order chi connectivity index (χ0) is 30.9. The third kappa shape index (κ3) is 6.89. The van der Waals surface area contributed by atoms with Gasteiger partial charge in [0.25, 0.3) is 17.7 Å². The average Bonchev–Trinajstić information content (AvgIpc) is 3.36. The Labute approximate surface area is 284 Å². The minimum atomic E-state index is -1.66. The number of thiazole rings is 1. The molecule has 1 saturated carbocycles. The summed E-state index contributed by atoms with van der Waals surface area (Å²) in [7, 11) is 0. The number of fused-ring (bicyclic) bond motifs is 1. The van der Waals surface area contributed by atoms with Crippen molar-refractivity contribution in [3.05, 3.63) is 46.9 Å².